The van der Waals surface area contributed by atoms with Crippen molar-refractivity contribution >= 4 is 11.7 Å². The van der Waals surface area contributed by atoms with Crippen LogP contribution in [-0.2, 0) is 12.7 Å². The van der Waals surface area contributed by atoms with Gasteiger partial charge < -0.3 is 19.5 Å². The van der Waals surface area contributed by atoms with Crippen LogP contribution in [0.25, 0.3) is 5.69 Å². The third kappa shape index (κ3) is 5.85. The number of aromatic nitrogens is 3. The Labute approximate surface area is 177 Å². The highest BCUT2D eigenvalue weighted by atomic mass is 19.4. The van der Waals surface area contributed by atoms with Crippen molar-refractivity contribution in [3.8, 4) is 5.69 Å². The molecule has 2 aromatic heterocycles. The number of aryl methyl sites for hydroxylation is 1. The molecule has 3 aromatic rings. The van der Waals surface area contributed by atoms with Gasteiger partial charge in [0.2, 0.25) is 0 Å². The number of nitrogens with zero attached hydrogens (tertiary/aromatic N) is 5. The minimum Gasteiger partial charge on any atom is -0.464 e. The maximum absolute atomic E-state index is 13.7. The van der Waals surface area contributed by atoms with E-state index in [9.17, 15) is 18.0 Å². The van der Waals surface area contributed by atoms with Gasteiger partial charge in [0.25, 0.3) is 0 Å². The van der Waals surface area contributed by atoms with Gasteiger partial charge in [0.05, 0.1) is 23.5 Å². The van der Waals surface area contributed by atoms with Crippen molar-refractivity contribution in [3.05, 3.63) is 60.1 Å². The molecule has 0 saturated carbocycles. The van der Waals surface area contributed by atoms with Crippen molar-refractivity contribution < 1.29 is 22.4 Å². The van der Waals surface area contributed by atoms with E-state index in [0.717, 1.165) is 6.07 Å². The highest BCUT2D eigenvalue weighted by molar-refractivity contribution is 5.90. The molecule has 0 aliphatic rings. The molecule has 0 radical (unpaired) electrons. The van der Waals surface area contributed by atoms with Gasteiger partial charge in [0, 0.05) is 13.1 Å². The number of rotatable bonds is 7. The monoisotopic (exact) mass is 436 g/mol. The maximum Gasteiger partial charge on any atom is 0.418 e. The molecule has 2 heterocycles. The Bertz CT molecular complexity index is 1010. The fraction of sp³-hybridized carbons (Fsp3) is 0.350. The lowest BCUT2D eigenvalue weighted by Crippen LogP contribution is -2.39. The minimum atomic E-state index is -4.67. The highest BCUT2D eigenvalue weighted by Crippen LogP contribution is 2.36. The normalized spacial score (nSPS) is 11.7. The van der Waals surface area contributed by atoms with Gasteiger partial charge in [-0.05, 0) is 51.4 Å². The molecular weight excluding hydrogens is 413 g/mol. The molecule has 8 nitrogen and oxygen atoms in total. The first-order valence-electron chi connectivity index (χ1n) is 9.45. The van der Waals surface area contributed by atoms with Crippen LogP contribution in [-0.4, -0.2) is 57.8 Å². The van der Waals surface area contributed by atoms with Crippen LogP contribution in [0.2, 0.25) is 0 Å². The number of likely N-dealkylation sites (N-methyl/N-ethyl adjacent to an activating group) is 1. The van der Waals surface area contributed by atoms with Crippen molar-refractivity contribution in [2.45, 2.75) is 19.6 Å². The highest BCUT2D eigenvalue weighted by Gasteiger charge is 2.35. The standard InChI is InChI=1S/C20H23F3N6O2/c1-14-4-6-16(31-14)11-28(9-8-27(2)3)19(30)26-18-7-5-15(29-13-24-12-25-29)10-17(18)20(21,22)23/h4-7,10,12-13H,8-9,11H2,1-3H3,(H,26,30). The number of furan rings is 1. The van der Waals surface area contributed by atoms with Crippen molar-refractivity contribution in [3.63, 3.8) is 0 Å². The zero-order valence-electron chi connectivity index (χ0n) is 17.3. The number of nitrogens with one attached hydrogen (secondary N) is 1. The van der Waals surface area contributed by atoms with E-state index in [1.54, 1.807) is 19.1 Å². The van der Waals surface area contributed by atoms with E-state index in [0.29, 0.717) is 24.6 Å². The molecule has 166 valence electrons. The van der Waals surface area contributed by atoms with Crippen LogP contribution < -0.4 is 5.32 Å². The molecule has 31 heavy (non-hydrogen) atoms. The van der Waals surface area contributed by atoms with Crippen LogP contribution in [0.5, 0.6) is 0 Å². The molecule has 0 atom stereocenters. The van der Waals surface area contributed by atoms with E-state index in [1.165, 1.54) is 34.4 Å². The predicted octanol–water partition coefficient (Wildman–Crippen LogP) is 3.78. The van der Waals surface area contributed by atoms with Gasteiger partial charge in [-0.15, -0.1) is 0 Å². The number of hydrogen-bond acceptors (Lipinski definition) is 5. The zero-order valence-corrected chi connectivity index (χ0v) is 17.3. The van der Waals surface area contributed by atoms with Crippen LogP contribution in [0.4, 0.5) is 23.7 Å². The Morgan fingerprint density at radius 1 is 1.19 bits per heavy atom. The Hall–Kier alpha value is -3.34. The molecule has 11 heteroatoms. The number of anilines is 1. The first kappa shape index (κ1) is 22.3. The Morgan fingerprint density at radius 2 is 1.97 bits per heavy atom. The van der Waals surface area contributed by atoms with Gasteiger partial charge in [-0.2, -0.15) is 18.3 Å². The average Bonchev–Trinajstić information content (AvgIpc) is 3.36. The summed E-state index contributed by atoms with van der Waals surface area (Å²) in [5.41, 5.74) is -1.14. The van der Waals surface area contributed by atoms with Crippen LogP contribution in [0.3, 0.4) is 0 Å². The lowest BCUT2D eigenvalue weighted by molar-refractivity contribution is -0.136. The molecule has 0 spiro atoms. The fourth-order valence-electron chi connectivity index (χ4n) is 2.89. The third-order valence-electron chi connectivity index (χ3n) is 4.48. The molecule has 1 N–H and O–H groups in total. The number of urea groups is 1. The van der Waals surface area contributed by atoms with Crippen LogP contribution >= 0.6 is 0 Å². The second-order valence-electron chi connectivity index (χ2n) is 7.24. The molecule has 3 rings (SSSR count). The SMILES string of the molecule is Cc1ccc(CN(CCN(C)C)C(=O)Nc2ccc(-n3cncn3)cc2C(F)(F)F)o1. The van der Waals surface area contributed by atoms with Crippen molar-refractivity contribution in [1.29, 1.82) is 0 Å². The molecule has 0 bridgehead atoms. The van der Waals surface area contributed by atoms with Gasteiger partial charge in [-0.3, -0.25) is 0 Å². The summed E-state index contributed by atoms with van der Waals surface area (Å²) >= 11 is 0. The summed E-state index contributed by atoms with van der Waals surface area (Å²) in [6.07, 6.45) is -2.16. The minimum absolute atomic E-state index is 0.131. The summed E-state index contributed by atoms with van der Waals surface area (Å²) < 4.78 is 47.8. The maximum atomic E-state index is 13.7. The Kier molecular flexibility index (Phi) is 6.64. The summed E-state index contributed by atoms with van der Waals surface area (Å²) in [6.45, 7) is 2.74. The van der Waals surface area contributed by atoms with Crippen LogP contribution in [0, 0.1) is 6.92 Å². The number of hydrogen-bond donors (Lipinski definition) is 1. The first-order chi connectivity index (χ1) is 14.6. The topological polar surface area (TPSA) is 79.4 Å². The quantitative estimate of drug-likeness (QED) is 0.610. The third-order valence-corrected chi connectivity index (χ3v) is 4.48. The second-order valence-corrected chi connectivity index (χ2v) is 7.24. The van der Waals surface area contributed by atoms with E-state index in [4.69, 9.17) is 4.42 Å². The van der Waals surface area contributed by atoms with Crippen molar-refractivity contribution in [2.75, 3.05) is 32.5 Å². The summed E-state index contributed by atoms with van der Waals surface area (Å²) in [5, 5.41) is 6.25. The molecule has 0 aliphatic carbocycles. The Balaban J connectivity index is 1.85. The number of halogens is 3. The largest absolute Gasteiger partial charge is 0.464 e. The molecule has 0 saturated heterocycles. The number of carbonyl (C=O) groups is 1. The number of amides is 2. The molecule has 0 fully saturated rings. The summed E-state index contributed by atoms with van der Waals surface area (Å²) in [5.74, 6) is 1.23. The van der Waals surface area contributed by atoms with Crippen LogP contribution in [0.15, 0.2) is 47.4 Å². The number of carbonyl (C=O) groups excluding carboxylic acids is 1. The molecular formula is C20H23F3N6O2. The summed E-state index contributed by atoms with van der Waals surface area (Å²) in [6, 6.07) is 6.40. The van der Waals surface area contributed by atoms with Gasteiger partial charge in [-0.1, -0.05) is 0 Å². The summed E-state index contributed by atoms with van der Waals surface area (Å²) in [4.78, 5) is 19.9. The molecule has 2 amide bonds. The van der Waals surface area contributed by atoms with Crippen molar-refractivity contribution in [1.82, 2.24) is 24.6 Å². The Morgan fingerprint density at radius 3 is 2.55 bits per heavy atom. The zero-order chi connectivity index (χ0) is 22.6. The van der Waals surface area contributed by atoms with Crippen molar-refractivity contribution in [2.24, 2.45) is 0 Å². The predicted molar refractivity (Wildman–Crippen MR) is 108 cm³/mol. The lowest BCUT2D eigenvalue weighted by atomic mass is 10.1. The molecule has 0 aliphatic heterocycles. The van der Waals surface area contributed by atoms with E-state index >= 15 is 0 Å². The lowest BCUT2D eigenvalue weighted by Gasteiger charge is -2.25. The average molecular weight is 436 g/mol. The number of alkyl halides is 3. The van der Waals surface area contributed by atoms with Gasteiger partial charge in [0.1, 0.15) is 24.2 Å². The molecule has 0 unspecified atom stereocenters. The fourth-order valence-corrected chi connectivity index (χ4v) is 2.89. The van der Waals surface area contributed by atoms with E-state index in [2.05, 4.69) is 15.4 Å². The van der Waals surface area contributed by atoms with E-state index in [-0.39, 0.29) is 17.9 Å². The smallest absolute Gasteiger partial charge is 0.418 e. The van der Waals surface area contributed by atoms with E-state index < -0.39 is 17.8 Å². The summed E-state index contributed by atoms with van der Waals surface area (Å²) in [7, 11) is 3.69. The second kappa shape index (κ2) is 9.21. The molecule has 1 aromatic carbocycles. The van der Waals surface area contributed by atoms with Gasteiger partial charge >= 0.3 is 12.2 Å². The number of benzene rings is 1. The first-order valence-corrected chi connectivity index (χ1v) is 9.45. The van der Waals surface area contributed by atoms with Crippen LogP contribution in [0.1, 0.15) is 17.1 Å². The van der Waals surface area contributed by atoms with Gasteiger partial charge in [0.15, 0.2) is 0 Å². The van der Waals surface area contributed by atoms with Gasteiger partial charge in [-0.25, -0.2) is 14.5 Å². The van der Waals surface area contributed by atoms with E-state index in [1.807, 2.05) is 19.0 Å².